The number of aryl methyl sites for hydroxylation is 1. The van der Waals surface area contributed by atoms with Crippen molar-refractivity contribution in [1.82, 2.24) is 0 Å². The average molecular weight is 175 g/mol. The topological polar surface area (TPSA) is 20.3 Å². The number of benzene rings is 1. The Bertz CT molecular complexity index is 370. The Morgan fingerprint density at radius 1 is 1.38 bits per heavy atom. The van der Waals surface area contributed by atoms with Crippen LogP contribution in [0.25, 0.3) is 0 Å². The second-order valence-electron chi connectivity index (χ2n) is 3.63. The predicted molar refractivity (Wildman–Crippen MR) is 53.0 cm³/mol. The van der Waals surface area contributed by atoms with Gasteiger partial charge in [0.2, 0.25) is 5.91 Å². The zero-order valence-electron chi connectivity index (χ0n) is 8.16. The normalized spacial score (nSPS) is 20.7. The van der Waals surface area contributed by atoms with Crippen LogP contribution in [0.5, 0.6) is 0 Å². The van der Waals surface area contributed by atoms with Crippen LogP contribution in [0, 0.1) is 6.92 Å². The van der Waals surface area contributed by atoms with E-state index >= 15 is 0 Å². The fraction of sp³-hybridized carbons (Fsp3) is 0.364. The third-order valence-electron chi connectivity index (χ3n) is 2.77. The molecular weight excluding hydrogens is 162 g/mol. The number of rotatable bonds is 0. The van der Waals surface area contributed by atoms with E-state index in [2.05, 4.69) is 0 Å². The monoisotopic (exact) mass is 175 g/mol. The van der Waals surface area contributed by atoms with Gasteiger partial charge in [0.25, 0.3) is 0 Å². The number of hydrogen-bond donors (Lipinski definition) is 0. The second-order valence-corrected chi connectivity index (χ2v) is 3.63. The van der Waals surface area contributed by atoms with Gasteiger partial charge in [-0.2, -0.15) is 0 Å². The van der Waals surface area contributed by atoms with Crippen molar-refractivity contribution in [1.29, 1.82) is 0 Å². The van der Waals surface area contributed by atoms with Gasteiger partial charge in [-0.15, -0.1) is 0 Å². The number of carbonyl (C=O) groups excluding carboxylic acids is 1. The fourth-order valence-corrected chi connectivity index (χ4v) is 2.02. The molecular formula is C11H13NO. The first-order chi connectivity index (χ1) is 6.13. The van der Waals surface area contributed by atoms with Gasteiger partial charge in [0.1, 0.15) is 0 Å². The van der Waals surface area contributed by atoms with Gasteiger partial charge in [0.05, 0.1) is 11.6 Å². The molecule has 0 aliphatic carbocycles. The van der Waals surface area contributed by atoms with Crippen molar-refractivity contribution in [3.8, 4) is 0 Å². The SMILES string of the molecule is Cc1cccc2c1N(C)C(=O)C2C. The first-order valence-corrected chi connectivity index (χ1v) is 4.50. The Labute approximate surface area is 78.2 Å². The van der Waals surface area contributed by atoms with Crippen LogP contribution in [-0.2, 0) is 4.79 Å². The zero-order valence-corrected chi connectivity index (χ0v) is 8.16. The Balaban J connectivity index is 2.66. The molecule has 1 aromatic rings. The number of likely N-dealkylation sites (N-methyl/N-ethyl adjacent to an activating group) is 1. The van der Waals surface area contributed by atoms with Gasteiger partial charge in [0.15, 0.2) is 0 Å². The Kier molecular flexibility index (Phi) is 1.65. The Morgan fingerprint density at radius 3 is 2.69 bits per heavy atom. The molecule has 1 amide bonds. The molecule has 0 N–H and O–H groups in total. The van der Waals surface area contributed by atoms with E-state index in [9.17, 15) is 4.79 Å². The maximum Gasteiger partial charge on any atom is 0.234 e. The van der Waals surface area contributed by atoms with Gasteiger partial charge in [-0.25, -0.2) is 0 Å². The van der Waals surface area contributed by atoms with Crippen LogP contribution in [0.15, 0.2) is 18.2 Å². The van der Waals surface area contributed by atoms with Crippen molar-refractivity contribution in [3.05, 3.63) is 29.3 Å². The summed E-state index contributed by atoms with van der Waals surface area (Å²) in [6.07, 6.45) is 0. The number of para-hydroxylation sites is 1. The molecule has 1 heterocycles. The number of hydrogen-bond acceptors (Lipinski definition) is 1. The average Bonchev–Trinajstić information content (AvgIpc) is 2.33. The number of fused-ring (bicyclic) bond motifs is 1. The van der Waals surface area contributed by atoms with Crippen LogP contribution in [0.3, 0.4) is 0 Å². The van der Waals surface area contributed by atoms with Crippen molar-refractivity contribution in [3.63, 3.8) is 0 Å². The minimum absolute atomic E-state index is 0.0277. The van der Waals surface area contributed by atoms with Crippen LogP contribution in [0.2, 0.25) is 0 Å². The molecule has 68 valence electrons. The second kappa shape index (κ2) is 2.59. The highest BCUT2D eigenvalue weighted by molar-refractivity contribution is 6.04. The van der Waals surface area contributed by atoms with Gasteiger partial charge in [-0.1, -0.05) is 18.2 Å². The zero-order chi connectivity index (χ0) is 9.59. The Morgan fingerprint density at radius 2 is 2.08 bits per heavy atom. The summed E-state index contributed by atoms with van der Waals surface area (Å²) in [5, 5.41) is 0. The molecule has 0 radical (unpaired) electrons. The molecule has 0 spiro atoms. The first-order valence-electron chi connectivity index (χ1n) is 4.50. The Hall–Kier alpha value is -1.31. The molecule has 2 nitrogen and oxygen atoms in total. The van der Waals surface area contributed by atoms with E-state index in [-0.39, 0.29) is 11.8 Å². The number of nitrogens with zero attached hydrogens (tertiary/aromatic N) is 1. The smallest absolute Gasteiger partial charge is 0.234 e. The van der Waals surface area contributed by atoms with E-state index in [1.807, 2.05) is 39.1 Å². The standard InChI is InChI=1S/C11H13NO/c1-7-5-4-6-9-8(2)11(13)12(3)10(7)9/h4-6,8H,1-3H3. The van der Waals surface area contributed by atoms with Gasteiger partial charge < -0.3 is 4.90 Å². The van der Waals surface area contributed by atoms with Crippen LogP contribution >= 0.6 is 0 Å². The molecule has 2 rings (SSSR count). The summed E-state index contributed by atoms with van der Waals surface area (Å²) in [7, 11) is 1.84. The first kappa shape index (κ1) is 8.30. The maximum absolute atomic E-state index is 11.6. The summed E-state index contributed by atoms with van der Waals surface area (Å²) in [6, 6.07) is 6.09. The lowest BCUT2D eigenvalue weighted by Crippen LogP contribution is -2.23. The predicted octanol–water partition coefficient (Wildman–Crippen LogP) is 2.07. The largest absolute Gasteiger partial charge is 0.314 e. The van der Waals surface area contributed by atoms with E-state index in [1.54, 1.807) is 4.90 Å². The molecule has 1 unspecified atom stereocenters. The van der Waals surface area contributed by atoms with Crippen LogP contribution in [0.1, 0.15) is 24.0 Å². The van der Waals surface area contributed by atoms with Gasteiger partial charge in [-0.05, 0) is 25.0 Å². The van der Waals surface area contributed by atoms with Crippen molar-refractivity contribution in [2.45, 2.75) is 19.8 Å². The molecule has 1 aliphatic heterocycles. The molecule has 2 heteroatoms. The van der Waals surface area contributed by atoms with E-state index in [1.165, 1.54) is 5.56 Å². The van der Waals surface area contributed by atoms with Gasteiger partial charge >= 0.3 is 0 Å². The molecule has 0 aromatic heterocycles. The third-order valence-corrected chi connectivity index (χ3v) is 2.77. The lowest BCUT2D eigenvalue weighted by Gasteiger charge is -2.12. The highest BCUT2D eigenvalue weighted by Gasteiger charge is 2.32. The van der Waals surface area contributed by atoms with E-state index < -0.39 is 0 Å². The minimum Gasteiger partial charge on any atom is -0.314 e. The third kappa shape index (κ3) is 0.981. The molecule has 1 aliphatic rings. The lowest BCUT2D eigenvalue weighted by molar-refractivity contribution is -0.118. The van der Waals surface area contributed by atoms with Gasteiger partial charge in [0, 0.05) is 7.05 Å². The molecule has 0 fully saturated rings. The highest BCUT2D eigenvalue weighted by atomic mass is 16.2. The minimum atomic E-state index is 0.0277. The van der Waals surface area contributed by atoms with Crippen molar-refractivity contribution in [2.24, 2.45) is 0 Å². The number of anilines is 1. The van der Waals surface area contributed by atoms with Crippen LogP contribution < -0.4 is 4.90 Å². The lowest BCUT2D eigenvalue weighted by atomic mass is 10.0. The van der Waals surface area contributed by atoms with Crippen LogP contribution in [0.4, 0.5) is 5.69 Å². The molecule has 0 bridgehead atoms. The van der Waals surface area contributed by atoms with Gasteiger partial charge in [-0.3, -0.25) is 4.79 Å². The summed E-state index contributed by atoms with van der Waals surface area (Å²) in [5.74, 6) is 0.226. The van der Waals surface area contributed by atoms with Crippen molar-refractivity contribution < 1.29 is 4.79 Å². The summed E-state index contributed by atoms with van der Waals surface area (Å²) >= 11 is 0. The van der Waals surface area contributed by atoms with Crippen LogP contribution in [-0.4, -0.2) is 13.0 Å². The molecule has 13 heavy (non-hydrogen) atoms. The highest BCUT2D eigenvalue weighted by Crippen LogP contribution is 2.37. The summed E-state index contributed by atoms with van der Waals surface area (Å²) in [5.41, 5.74) is 3.44. The molecule has 0 saturated carbocycles. The maximum atomic E-state index is 11.6. The molecule has 1 atom stereocenters. The quantitative estimate of drug-likeness (QED) is 0.591. The van der Waals surface area contributed by atoms with Crippen molar-refractivity contribution in [2.75, 3.05) is 11.9 Å². The summed E-state index contributed by atoms with van der Waals surface area (Å²) < 4.78 is 0. The summed E-state index contributed by atoms with van der Waals surface area (Å²) in [4.78, 5) is 13.4. The number of amides is 1. The fourth-order valence-electron chi connectivity index (χ4n) is 2.02. The van der Waals surface area contributed by atoms with Crippen molar-refractivity contribution >= 4 is 11.6 Å². The number of carbonyl (C=O) groups is 1. The summed E-state index contributed by atoms with van der Waals surface area (Å²) in [6.45, 7) is 4.00. The van der Waals surface area contributed by atoms with E-state index in [4.69, 9.17) is 0 Å². The molecule has 1 aromatic carbocycles. The van der Waals surface area contributed by atoms with E-state index in [0.717, 1.165) is 11.3 Å². The molecule has 0 saturated heterocycles. The van der Waals surface area contributed by atoms with E-state index in [0.29, 0.717) is 0 Å².